The normalized spacial score (nSPS) is 11.8. The zero-order valence-electron chi connectivity index (χ0n) is 34.4. The third-order valence-corrected chi connectivity index (χ3v) is 6.82. The van der Waals surface area contributed by atoms with Crippen LogP contribution in [0, 0.1) is 0 Å². The molecule has 1 aromatic carbocycles. The molecule has 0 amide bonds. The first kappa shape index (κ1) is 52.1. The molecule has 0 fully saturated rings. The molecule has 0 spiro atoms. The zero-order valence-corrected chi connectivity index (χ0v) is 34.4. The largest absolute Gasteiger partial charge is 0.460 e. The van der Waals surface area contributed by atoms with Crippen molar-refractivity contribution in [2.45, 2.75) is 39.4 Å². The van der Waals surface area contributed by atoms with Crippen molar-refractivity contribution in [3.05, 3.63) is 35.9 Å². The standard InChI is InChI=1S/C40H72O16/c1-40(2,3)56-39(41)9-10-42-11-12-43-13-14-44-15-16-45-17-18-46-19-20-47-21-22-48-23-24-49-25-26-50-27-28-51-29-30-52-31-32-53-33-34-54-35-36-55-37-38-7-5-4-6-8-38/h4-8H,9-37H2,1-3H3. The van der Waals surface area contributed by atoms with E-state index in [1.807, 2.05) is 51.1 Å². The highest BCUT2D eigenvalue weighted by atomic mass is 16.6. The number of benzene rings is 1. The molecule has 328 valence electrons. The molecule has 0 radical (unpaired) electrons. The predicted octanol–water partition coefficient (Wildman–Crippen LogP) is 3.15. The third kappa shape index (κ3) is 41.8. The number of esters is 1. The van der Waals surface area contributed by atoms with Crippen LogP contribution in [0.3, 0.4) is 0 Å². The summed E-state index contributed by atoms with van der Waals surface area (Å²) in [6.07, 6.45) is 0.229. The van der Waals surface area contributed by atoms with Gasteiger partial charge in [0, 0.05) is 0 Å². The van der Waals surface area contributed by atoms with Crippen LogP contribution >= 0.6 is 0 Å². The van der Waals surface area contributed by atoms with E-state index in [-0.39, 0.29) is 12.4 Å². The molecular formula is C40H72O16. The van der Waals surface area contributed by atoms with Gasteiger partial charge >= 0.3 is 5.97 Å². The molecule has 16 heteroatoms. The third-order valence-electron chi connectivity index (χ3n) is 6.82. The van der Waals surface area contributed by atoms with E-state index in [0.29, 0.717) is 185 Å². The molecule has 1 rings (SSSR count). The zero-order chi connectivity index (χ0) is 40.3. The lowest BCUT2D eigenvalue weighted by molar-refractivity contribution is -0.156. The fraction of sp³-hybridized carbons (Fsp3) is 0.825. The number of carbonyl (C=O) groups is 1. The van der Waals surface area contributed by atoms with Crippen LogP contribution in [-0.2, 0) is 82.5 Å². The summed E-state index contributed by atoms with van der Waals surface area (Å²) >= 11 is 0. The van der Waals surface area contributed by atoms with Gasteiger partial charge in [0.1, 0.15) is 5.60 Å². The monoisotopic (exact) mass is 808 g/mol. The van der Waals surface area contributed by atoms with E-state index in [2.05, 4.69) is 0 Å². The SMILES string of the molecule is CC(C)(C)OC(=O)CCOCCOCCOCCOCCOCCOCCOCCOCCOCCOCCOCCOCCOCCOCc1ccccc1. The van der Waals surface area contributed by atoms with Crippen LogP contribution in [0.1, 0.15) is 32.8 Å². The topological polar surface area (TPSA) is 156 Å². The lowest BCUT2D eigenvalue weighted by atomic mass is 10.2. The molecule has 0 bridgehead atoms. The Morgan fingerprint density at radius 1 is 0.357 bits per heavy atom. The van der Waals surface area contributed by atoms with Crippen molar-refractivity contribution in [3.8, 4) is 0 Å². The minimum Gasteiger partial charge on any atom is -0.460 e. The number of hydrogen-bond donors (Lipinski definition) is 0. The second kappa shape index (κ2) is 41.3. The minimum atomic E-state index is -0.477. The summed E-state index contributed by atoms with van der Waals surface area (Å²) in [4.78, 5) is 11.6. The highest BCUT2D eigenvalue weighted by Gasteiger charge is 2.15. The Morgan fingerprint density at radius 3 is 0.839 bits per heavy atom. The molecule has 16 nitrogen and oxygen atoms in total. The Balaban J connectivity index is 1.61. The quantitative estimate of drug-likeness (QED) is 0.0700. The van der Waals surface area contributed by atoms with E-state index in [0.717, 1.165) is 5.56 Å². The van der Waals surface area contributed by atoms with Crippen molar-refractivity contribution in [2.75, 3.05) is 178 Å². The van der Waals surface area contributed by atoms with E-state index in [4.69, 9.17) is 71.1 Å². The molecule has 0 N–H and O–H groups in total. The van der Waals surface area contributed by atoms with Gasteiger partial charge in [-0.15, -0.1) is 0 Å². The van der Waals surface area contributed by atoms with Crippen molar-refractivity contribution in [3.63, 3.8) is 0 Å². The smallest absolute Gasteiger partial charge is 0.308 e. The Bertz CT molecular complexity index is 937. The van der Waals surface area contributed by atoms with Gasteiger partial charge in [0.15, 0.2) is 0 Å². The van der Waals surface area contributed by atoms with Crippen molar-refractivity contribution >= 4 is 5.97 Å². The van der Waals surface area contributed by atoms with E-state index in [1.165, 1.54) is 0 Å². The molecule has 0 aliphatic carbocycles. The maximum atomic E-state index is 11.6. The van der Waals surface area contributed by atoms with Gasteiger partial charge in [-0.2, -0.15) is 0 Å². The van der Waals surface area contributed by atoms with Crippen LogP contribution in [0.4, 0.5) is 0 Å². The molecule has 0 aromatic heterocycles. The lowest BCUT2D eigenvalue weighted by Gasteiger charge is -2.19. The van der Waals surface area contributed by atoms with Gasteiger partial charge < -0.3 is 71.1 Å². The van der Waals surface area contributed by atoms with Gasteiger partial charge in [-0.05, 0) is 26.3 Å². The van der Waals surface area contributed by atoms with Crippen molar-refractivity contribution in [1.29, 1.82) is 0 Å². The second-order valence-corrected chi connectivity index (χ2v) is 12.8. The molecule has 0 unspecified atom stereocenters. The summed E-state index contributed by atoms with van der Waals surface area (Å²) < 4.78 is 82.0. The molecule has 0 atom stereocenters. The molecule has 0 aliphatic heterocycles. The van der Waals surface area contributed by atoms with Crippen LogP contribution in [0.25, 0.3) is 0 Å². The summed E-state index contributed by atoms with van der Waals surface area (Å²) in [5, 5.41) is 0. The Morgan fingerprint density at radius 2 is 0.589 bits per heavy atom. The first-order chi connectivity index (χ1) is 27.5. The number of ether oxygens (including phenoxy) is 15. The first-order valence-corrected chi connectivity index (χ1v) is 19.8. The molecule has 0 heterocycles. The molecule has 0 aliphatic rings. The van der Waals surface area contributed by atoms with Gasteiger partial charge in [-0.1, -0.05) is 30.3 Å². The summed E-state index contributed by atoms with van der Waals surface area (Å²) in [5.74, 6) is -0.267. The molecule has 0 saturated carbocycles. The maximum Gasteiger partial charge on any atom is 0.308 e. The highest BCUT2D eigenvalue weighted by molar-refractivity contribution is 5.69. The van der Waals surface area contributed by atoms with Crippen molar-refractivity contribution in [1.82, 2.24) is 0 Å². The summed E-state index contributed by atoms with van der Waals surface area (Å²) in [6, 6.07) is 10.1. The highest BCUT2D eigenvalue weighted by Crippen LogP contribution is 2.08. The van der Waals surface area contributed by atoms with Crippen LogP contribution in [-0.4, -0.2) is 190 Å². The maximum absolute atomic E-state index is 11.6. The van der Waals surface area contributed by atoms with Gasteiger partial charge in [0.05, 0.1) is 191 Å². The molecular weight excluding hydrogens is 736 g/mol. The van der Waals surface area contributed by atoms with Crippen LogP contribution in [0.5, 0.6) is 0 Å². The van der Waals surface area contributed by atoms with Gasteiger partial charge in [0.2, 0.25) is 0 Å². The minimum absolute atomic E-state index is 0.229. The average molecular weight is 809 g/mol. The molecule has 0 saturated heterocycles. The number of rotatable bonds is 44. The summed E-state index contributed by atoms with van der Waals surface area (Å²) in [6.45, 7) is 19.3. The number of hydrogen-bond acceptors (Lipinski definition) is 16. The van der Waals surface area contributed by atoms with Crippen molar-refractivity contribution < 1.29 is 75.8 Å². The van der Waals surface area contributed by atoms with Crippen LogP contribution in [0.2, 0.25) is 0 Å². The van der Waals surface area contributed by atoms with E-state index >= 15 is 0 Å². The lowest BCUT2D eigenvalue weighted by Crippen LogP contribution is -2.24. The van der Waals surface area contributed by atoms with Gasteiger partial charge in [0.25, 0.3) is 0 Å². The van der Waals surface area contributed by atoms with E-state index < -0.39 is 5.60 Å². The van der Waals surface area contributed by atoms with Gasteiger partial charge in [-0.3, -0.25) is 4.79 Å². The summed E-state index contributed by atoms with van der Waals surface area (Å²) in [5.41, 5.74) is 0.678. The first-order valence-electron chi connectivity index (χ1n) is 19.8. The Labute approximate surface area is 335 Å². The Kier molecular flexibility index (Phi) is 38.5. The average Bonchev–Trinajstić information content (AvgIpc) is 3.18. The fourth-order valence-corrected chi connectivity index (χ4v) is 4.17. The van der Waals surface area contributed by atoms with Gasteiger partial charge in [-0.25, -0.2) is 0 Å². The predicted molar refractivity (Wildman–Crippen MR) is 207 cm³/mol. The second-order valence-electron chi connectivity index (χ2n) is 12.8. The molecule has 1 aromatic rings. The summed E-state index contributed by atoms with van der Waals surface area (Å²) in [7, 11) is 0. The van der Waals surface area contributed by atoms with Crippen LogP contribution in [0.15, 0.2) is 30.3 Å². The molecule has 56 heavy (non-hydrogen) atoms. The van der Waals surface area contributed by atoms with Crippen LogP contribution < -0.4 is 0 Å². The fourth-order valence-electron chi connectivity index (χ4n) is 4.17. The van der Waals surface area contributed by atoms with E-state index in [9.17, 15) is 4.79 Å². The van der Waals surface area contributed by atoms with Crippen molar-refractivity contribution in [2.24, 2.45) is 0 Å². The van der Waals surface area contributed by atoms with E-state index in [1.54, 1.807) is 0 Å². The number of carbonyl (C=O) groups excluding carboxylic acids is 1. The Hall–Kier alpha value is -1.87.